The second-order valence-corrected chi connectivity index (χ2v) is 4.15. The lowest BCUT2D eigenvalue weighted by atomic mass is 9.88. The van der Waals surface area contributed by atoms with Crippen LogP contribution in [0.5, 0.6) is 0 Å². The van der Waals surface area contributed by atoms with Crippen LogP contribution >= 0.6 is 0 Å². The molecule has 4 heteroatoms. The zero-order valence-electron chi connectivity index (χ0n) is 9.86. The molecule has 17 heavy (non-hydrogen) atoms. The summed E-state index contributed by atoms with van der Waals surface area (Å²) < 4.78 is 0. The molecule has 3 N–H and O–H groups in total. The van der Waals surface area contributed by atoms with E-state index in [0.717, 1.165) is 16.8 Å². The van der Waals surface area contributed by atoms with Gasteiger partial charge in [0.05, 0.1) is 11.6 Å². The van der Waals surface area contributed by atoms with E-state index in [1.54, 1.807) is 12.4 Å². The SMILES string of the molecule is CC1=C(C)NC(N)(c2ccncc2)C(C#N)=C1. The van der Waals surface area contributed by atoms with Gasteiger partial charge in [0.2, 0.25) is 0 Å². The number of rotatable bonds is 1. The van der Waals surface area contributed by atoms with Crippen molar-refractivity contribution in [2.75, 3.05) is 0 Å². The molecule has 0 saturated carbocycles. The normalized spacial score (nSPS) is 23.8. The van der Waals surface area contributed by atoms with Crippen LogP contribution in [0.2, 0.25) is 0 Å². The number of nitrogens with two attached hydrogens (primary N) is 1. The molecule has 2 rings (SSSR count). The smallest absolute Gasteiger partial charge is 0.148 e. The van der Waals surface area contributed by atoms with Crippen molar-refractivity contribution in [1.82, 2.24) is 10.3 Å². The van der Waals surface area contributed by atoms with Crippen LogP contribution in [0.3, 0.4) is 0 Å². The predicted octanol–water partition coefficient (Wildman–Crippen LogP) is 1.54. The quantitative estimate of drug-likeness (QED) is 0.761. The fourth-order valence-corrected chi connectivity index (χ4v) is 1.86. The van der Waals surface area contributed by atoms with Crippen LogP contribution in [0, 0.1) is 11.3 Å². The van der Waals surface area contributed by atoms with Gasteiger partial charge in [0.25, 0.3) is 0 Å². The molecule has 0 aromatic carbocycles. The highest BCUT2D eigenvalue weighted by Gasteiger charge is 2.34. The first-order valence-electron chi connectivity index (χ1n) is 5.35. The molecule has 86 valence electrons. The highest BCUT2D eigenvalue weighted by molar-refractivity contribution is 5.48. The van der Waals surface area contributed by atoms with Crippen molar-refractivity contribution >= 4 is 0 Å². The zero-order valence-corrected chi connectivity index (χ0v) is 9.86. The first-order valence-corrected chi connectivity index (χ1v) is 5.35. The van der Waals surface area contributed by atoms with Gasteiger partial charge >= 0.3 is 0 Å². The number of hydrogen-bond donors (Lipinski definition) is 2. The third kappa shape index (κ3) is 1.81. The van der Waals surface area contributed by atoms with Crippen molar-refractivity contribution in [3.63, 3.8) is 0 Å². The second-order valence-electron chi connectivity index (χ2n) is 4.15. The highest BCUT2D eigenvalue weighted by Crippen LogP contribution is 2.29. The summed E-state index contributed by atoms with van der Waals surface area (Å²) in [6.45, 7) is 3.90. The Morgan fingerprint density at radius 1 is 1.35 bits per heavy atom. The molecule has 1 atom stereocenters. The fourth-order valence-electron chi connectivity index (χ4n) is 1.86. The maximum Gasteiger partial charge on any atom is 0.148 e. The topological polar surface area (TPSA) is 74.7 Å². The van der Waals surface area contributed by atoms with E-state index in [0.29, 0.717) is 5.57 Å². The van der Waals surface area contributed by atoms with E-state index in [4.69, 9.17) is 5.73 Å². The van der Waals surface area contributed by atoms with E-state index in [2.05, 4.69) is 16.4 Å². The number of nitrogens with one attached hydrogen (secondary N) is 1. The first-order chi connectivity index (χ1) is 8.08. The van der Waals surface area contributed by atoms with Gasteiger partial charge in [0.15, 0.2) is 0 Å². The Hall–Kier alpha value is -2.12. The van der Waals surface area contributed by atoms with Crippen molar-refractivity contribution in [2.24, 2.45) is 5.73 Å². The minimum absolute atomic E-state index is 0.506. The van der Waals surface area contributed by atoms with E-state index in [-0.39, 0.29) is 0 Å². The van der Waals surface area contributed by atoms with Crippen molar-refractivity contribution in [3.05, 3.63) is 53.0 Å². The van der Waals surface area contributed by atoms with Gasteiger partial charge in [-0.2, -0.15) is 5.26 Å². The van der Waals surface area contributed by atoms with E-state index >= 15 is 0 Å². The summed E-state index contributed by atoms with van der Waals surface area (Å²) in [6.07, 6.45) is 5.16. The van der Waals surface area contributed by atoms with E-state index in [9.17, 15) is 5.26 Å². The zero-order chi connectivity index (χ0) is 12.5. The van der Waals surface area contributed by atoms with Gasteiger partial charge in [-0.25, -0.2) is 0 Å². The molecule has 1 aliphatic rings. The molecule has 0 aliphatic carbocycles. The summed E-state index contributed by atoms with van der Waals surface area (Å²) in [7, 11) is 0. The average molecular weight is 226 g/mol. The van der Waals surface area contributed by atoms with Gasteiger partial charge in [0, 0.05) is 23.7 Å². The monoisotopic (exact) mass is 226 g/mol. The van der Waals surface area contributed by atoms with Crippen molar-refractivity contribution < 1.29 is 0 Å². The van der Waals surface area contributed by atoms with Crippen LogP contribution in [0.15, 0.2) is 47.4 Å². The van der Waals surface area contributed by atoms with Crippen LogP contribution in [-0.2, 0) is 5.66 Å². The Labute approximate surface area is 100 Å². The molecule has 1 aromatic heterocycles. The number of nitrogens with zero attached hydrogens (tertiary/aromatic N) is 2. The minimum Gasteiger partial charge on any atom is -0.363 e. The fraction of sp³-hybridized carbons (Fsp3) is 0.231. The van der Waals surface area contributed by atoms with Gasteiger partial charge in [-0.05, 0) is 37.6 Å². The van der Waals surface area contributed by atoms with E-state index < -0.39 is 5.66 Å². The molecule has 0 amide bonds. The van der Waals surface area contributed by atoms with Gasteiger partial charge in [-0.1, -0.05) is 0 Å². The molecule has 2 heterocycles. The van der Waals surface area contributed by atoms with Crippen LogP contribution in [0.4, 0.5) is 0 Å². The van der Waals surface area contributed by atoms with Gasteiger partial charge in [-0.3, -0.25) is 4.98 Å². The molecule has 0 spiro atoms. The van der Waals surface area contributed by atoms with Crippen LogP contribution < -0.4 is 11.1 Å². The number of dihydropyridines is 1. The minimum atomic E-state index is -0.957. The largest absolute Gasteiger partial charge is 0.363 e. The highest BCUT2D eigenvalue weighted by atomic mass is 15.1. The molecule has 0 fully saturated rings. The number of pyridine rings is 1. The van der Waals surface area contributed by atoms with Crippen LogP contribution in [-0.4, -0.2) is 4.98 Å². The molecule has 4 nitrogen and oxygen atoms in total. The molecule has 0 saturated heterocycles. The summed E-state index contributed by atoms with van der Waals surface area (Å²) in [5.74, 6) is 0. The molecule has 0 radical (unpaired) electrons. The summed E-state index contributed by atoms with van der Waals surface area (Å²) in [5, 5.41) is 12.4. The Balaban J connectivity index is 2.54. The summed E-state index contributed by atoms with van der Waals surface area (Å²) in [4.78, 5) is 3.96. The summed E-state index contributed by atoms with van der Waals surface area (Å²) in [6, 6.07) is 5.79. The van der Waals surface area contributed by atoms with Gasteiger partial charge < -0.3 is 11.1 Å². The Bertz CT molecular complexity index is 536. The van der Waals surface area contributed by atoms with E-state index in [1.165, 1.54) is 0 Å². The molecular formula is C13H14N4. The maximum atomic E-state index is 9.22. The first kappa shape index (κ1) is 11.4. The predicted molar refractivity (Wildman–Crippen MR) is 65.3 cm³/mol. The lowest BCUT2D eigenvalue weighted by molar-refractivity contribution is 0.452. The van der Waals surface area contributed by atoms with Crippen LogP contribution in [0.1, 0.15) is 19.4 Å². The molecule has 0 bridgehead atoms. The lowest BCUT2D eigenvalue weighted by Crippen LogP contribution is -2.52. The van der Waals surface area contributed by atoms with Crippen molar-refractivity contribution in [1.29, 1.82) is 5.26 Å². The summed E-state index contributed by atoms with van der Waals surface area (Å²) >= 11 is 0. The average Bonchev–Trinajstić information content (AvgIpc) is 2.35. The lowest BCUT2D eigenvalue weighted by Gasteiger charge is -2.35. The summed E-state index contributed by atoms with van der Waals surface area (Å²) in [5.41, 5.74) is 8.70. The molecule has 1 unspecified atom stereocenters. The standard InChI is InChI=1S/C13H14N4/c1-9-7-12(8-14)13(15,17-10(9)2)11-3-5-16-6-4-11/h3-7,17H,15H2,1-2H3. The third-order valence-corrected chi connectivity index (χ3v) is 3.02. The van der Waals surface area contributed by atoms with Crippen LogP contribution in [0.25, 0.3) is 0 Å². The molecule has 1 aromatic rings. The van der Waals surface area contributed by atoms with Gasteiger partial charge in [-0.15, -0.1) is 0 Å². The number of nitriles is 1. The Morgan fingerprint density at radius 2 is 2.00 bits per heavy atom. The van der Waals surface area contributed by atoms with Crippen molar-refractivity contribution in [2.45, 2.75) is 19.5 Å². The van der Waals surface area contributed by atoms with E-state index in [1.807, 2.05) is 32.1 Å². The number of allylic oxidation sites excluding steroid dienone is 3. The Kier molecular flexibility index (Phi) is 2.70. The molecule has 1 aliphatic heterocycles. The maximum absolute atomic E-state index is 9.22. The number of hydrogen-bond acceptors (Lipinski definition) is 4. The third-order valence-electron chi connectivity index (χ3n) is 3.02. The van der Waals surface area contributed by atoms with Crippen molar-refractivity contribution in [3.8, 4) is 6.07 Å². The Morgan fingerprint density at radius 3 is 2.59 bits per heavy atom. The van der Waals surface area contributed by atoms with Gasteiger partial charge in [0.1, 0.15) is 5.66 Å². The second kappa shape index (κ2) is 4.04. The number of aromatic nitrogens is 1. The molecular weight excluding hydrogens is 212 g/mol.